The predicted molar refractivity (Wildman–Crippen MR) is 94.9 cm³/mol. The van der Waals surface area contributed by atoms with Crippen molar-refractivity contribution < 1.29 is 14.7 Å². The minimum absolute atomic E-state index is 0.0498. The van der Waals surface area contributed by atoms with E-state index in [0.717, 1.165) is 11.3 Å². The molecule has 0 aliphatic heterocycles. The third-order valence-electron chi connectivity index (χ3n) is 3.85. The minimum atomic E-state index is -0.911. The summed E-state index contributed by atoms with van der Waals surface area (Å²) in [5.41, 5.74) is 2.41. The molecular weight excluding hydrogens is 334 g/mol. The number of aryl methyl sites for hydroxylation is 2. The Hall–Kier alpha value is -3.42. The molecule has 0 atom stereocenters. The molecule has 134 valence electrons. The number of hydrogen-bond donors (Lipinski definition) is 2. The molecule has 1 aromatic carbocycles. The molecule has 0 bridgehead atoms. The number of carboxylic acids is 1. The van der Waals surface area contributed by atoms with Crippen LogP contribution in [0, 0.1) is 6.92 Å². The van der Waals surface area contributed by atoms with Crippen LogP contribution in [0.5, 0.6) is 0 Å². The van der Waals surface area contributed by atoms with Crippen LogP contribution in [-0.4, -0.2) is 36.5 Å². The lowest BCUT2D eigenvalue weighted by molar-refractivity contribution is -0.137. The molecular formula is C18H19N5O3. The highest BCUT2D eigenvalue weighted by atomic mass is 16.4. The Labute approximate surface area is 150 Å². The highest BCUT2D eigenvalue weighted by Gasteiger charge is 2.12. The van der Waals surface area contributed by atoms with Crippen LogP contribution in [-0.2, 0) is 17.9 Å². The molecule has 0 saturated carbocycles. The van der Waals surface area contributed by atoms with Crippen LogP contribution in [0.1, 0.15) is 28.0 Å². The molecule has 0 fully saturated rings. The van der Waals surface area contributed by atoms with Crippen molar-refractivity contribution in [2.24, 2.45) is 0 Å². The number of rotatable bonds is 7. The average molecular weight is 353 g/mol. The summed E-state index contributed by atoms with van der Waals surface area (Å²) in [6, 6.07) is 11.7. The number of carboxylic acid groups (broad SMARTS) is 1. The molecule has 8 nitrogen and oxygen atoms in total. The highest BCUT2D eigenvalue weighted by Crippen LogP contribution is 2.12. The molecule has 2 N–H and O–H groups in total. The van der Waals surface area contributed by atoms with Gasteiger partial charge in [-0.2, -0.15) is 10.2 Å². The van der Waals surface area contributed by atoms with Crippen molar-refractivity contribution in [3.63, 3.8) is 0 Å². The Kier molecular flexibility index (Phi) is 5.12. The van der Waals surface area contributed by atoms with Crippen LogP contribution in [0.25, 0.3) is 0 Å². The average Bonchev–Trinajstić information content (AvgIpc) is 3.21. The molecule has 3 aromatic rings. The lowest BCUT2D eigenvalue weighted by Crippen LogP contribution is -2.12. The number of aromatic nitrogens is 4. The van der Waals surface area contributed by atoms with E-state index in [2.05, 4.69) is 15.5 Å². The van der Waals surface area contributed by atoms with Gasteiger partial charge in [-0.3, -0.25) is 19.0 Å². The first-order valence-corrected chi connectivity index (χ1v) is 8.15. The maximum absolute atomic E-state index is 12.3. The Balaban J connectivity index is 1.64. The second-order valence-corrected chi connectivity index (χ2v) is 5.90. The Morgan fingerprint density at radius 3 is 2.73 bits per heavy atom. The summed E-state index contributed by atoms with van der Waals surface area (Å²) in [7, 11) is 0. The second kappa shape index (κ2) is 7.64. The predicted octanol–water partition coefficient (Wildman–Crippen LogP) is 2.16. The van der Waals surface area contributed by atoms with E-state index in [-0.39, 0.29) is 18.9 Å². The van der Waals surface area contributed by atoms with Gasteiger partial charge in [-0.1, -0.05) is 30.3 Å². The number of amides is 1. The van der Waals surface area contributed by atoms with Crippen LogP contribution in [0.2, 0.25) is 0 Å². The third-order valence-corrected chi connectivity index (χ3v) is 3.85. The van der Waals surface area contributed by atoms with Crippen LogP contribution in [0.4, 0.5) is 5.82 Å². The number of carbonyl (C=O) groups excluding carboxylic acids is 1. The van der Waals surface area contributed by atoms with Gasteiger partial charge in [0.1, 0.15) is 0 Å². The van der Waals surface area contributed by atoms with Crippen LogP contribution in [0.3, 0.4) is 0 Å². The number of hydrogen-bond acceptors (Lipinski definition) is 4. The lowest BCUT2D eigenvalue weighted by Gasteiger charge is -2.04. The van der Waals surface area contributed by atoms with Crippen molar-refractivity contribution in [2.45, 2.75) is 26.4 Å². The van der Waals surface area contributed by atoms with Crippen molar-refractivity contribution >= 4 is 17.7 Å². The van der Waals surface area contributed by atoms with E-state index in [1.54, 1.807) is 6.07 Å². The molecule has 8 heteroatoms. The zero-order chi connectivity index (χ0) is 18.5. The number of aliphatic carboxylic acids is 1. The normalized spacial score (nSPS) is 10.7. The van der Waals surface area contributed by atoms with Gasteiger partial charge in [0.05, 0.1) is 31.3 Å². The first-order chi connectivity index (χ1) is 12.5. The number of anilines is 1. The van der Waals surface area contributed by atoms with Gasteiger partial charge < -0.3 is 10.4 Å². The fourth-order valence-electron chi connectivity index (χ4n) is 2.49. The molecule has 0 radical (unpaired) electrons. The van der Waals surface area contributed by atoms with E-state index in [4.69, 9.17) is 5.11 Å². The van der Waals surface area contributed by atoms with Crippen molar-refractivity contribution in [3.05, 3.63) is 65.6 Å². The van der Waals surface area contributed by atoms with Gasteiger partial charge in [0.25, 0.3) is 5.91 Å². The van der Waals surface area contributed by atoms with Gasteiger partial charge in [0, 0.05) is 18.0 Å². The van der Waals surface area contributed by atoms with Crippen molar-refractivity contribution in [3.8, 4) is 0 Å². The summed E-state index contributed by atoms with van der Waals surface area (Å²) in [5, 5.41) is 19.8. The summed E-state index contributed by atoms with van der Waals surface area (Å²) in [6.07, 6.45) is 2.88. The Morgan fingerprint density at radius 2 is 2.00 bits per heavy atom. The first kappa shape index (κ1) is 17.4. The van der Waals surface area contributed by atoms with Crippen molar-refractivity contribution in [1.82, 2.24) is 19.6 Å². The zero-order valence-electron chi connectivity index (χ0n) is 14.3. The molecule has 2 aromatic heterocycles. The SMILES string of the molecule is Cc1cc(NC(=O)c2cnn(CCC(=O)O)c2)nn1Cc1ccccc1. The zero-order valence-corrected chi connectivity index (χ0v) is 14.3. The van der Waals surface area contributed by atoms with E-state index in [9.17, 15) is 9.59 Å². The lowest BCUT2D eigenvalue weighted by atomic mass is 10.2. The van der Waals surface area contributed by atoms with Gasteiger partial charge in [-0.15, -0.1) is 0 Å². The number of nitrogens with zero attached hydrogens (tertiary/aromatic N) is 4. The smallest absolute Gasteiger partial charge is 0.305 e. The van der Waals surface area contributed by atoms with Gasteiger partial charge in [0.2, 0.25) is 0 Å². The summed E-state index contributed by atoms with van der Waals surface area (Å²) in [4.78, 5) is 22.9. The van der Waals surface area contributed by atoms with Gasteiger partial charge in [-0.05, 0) is 12.5 Å². The van der Waals surface area contributed by atoms with Crippen LogP contribution < -0.4 is 5.32 Å². The molecule has 3 rings (SSSR count). The van der Waals surface area contributed by atoms with E-state index in [1.165, 1.54) is 17.1 Å². The van der Waals surface area contributed by atoms with Gasteiger partial charge in [-0.25, -0.2) is 0 Å². The monoisotopic (exact) mass is 353 g/mol. The van der Waals surface area contributed by atoms with E-state index in [0.29, 0.717) is 17.9 Å². The quantitative estimate of drug-likeness (QED) is 0.678. The Bertz CT molecular complexity index is 914. The standard InChI is InChI=1S/C18H19N5O3/c1-13-9-16(21-23(13)11-14-5-3-2-4-6-14)20-18(26)15-10-19-22(12-15)8-7-17(24)25/h2-6,9-10,12H,7-8,11H2,1H3,(H,24,25)(H,20,21,26). The number of nitrogens with one attached hydrogen (secondary N) is 1. The largest absolute Gasteiger partial charge is 0.481 e. The number of carbonyl (C=O) groups is 2. The molecule has 1 amide bonds. The molecule has 0 spiro atoms. The van der Waals surface area contributed by atoms with Crippen molar-refractivity contribution in [2.75, 3.05) is 5.32 Å². The van der Waals surface area contributed by atoms with E-state index in [1.807, 2.05) is 41.9 Å². The highest BCUT2D eigenvalue weighted by molar-refractivity contribution is 6.03. The maximum Gasteiger partial charge on any atom is 0.305 e. The minimum Gasteiger partial charge on any atom is -0.481 e. The fourth-order valence-corrected chi connectivity index (χ4v) is 2.49. The topological polar surface area (TPSA) is 102 Å². The van der Waals surface area contributed by atoms with Gasteiger partial charge >= 0.3 is 5.97 Å². The Morgan fingerprint density at radius 1 is 1.23 bits per heavy atom. The molecule has 26 heavy (non-hydrogen) atoms. The summed E-state index contributed by atoms with van der Waals surface area (Å²) in [5.74, 6) is -0.788. The molecule has 0 aliphatic carbocycles. The number of benzene rings is 1. The van der Waals surface area contributed by atoms with Gasteiger partial charge in [0.15, 0.2) is 5.82 Å². The van der Waals surface area contributed by atoms with Crippen LogP contribution in [0.15, 0.2) is 48.8 Å². The first-order valence-electron chi connectivity index (χ1n) is 8.15. The third kappa shape index (κ3) is 4.35. The molecule has 0 unspecified atom stereocenters. The molecule has 0 saturated heterocycles. The molecule has 0 aliphatic rings. The molecule has 2 heterocycles. The maximum atomic E-state index is 12.3. The summed E-state index contributed by atoms with van der Waals surface area (Å²) >= 11 is 0. The summed E-state index contributed by atoms with van der Waals surface area (Å²) < 4.78 is 3.25. The second-order valence-electron chi connectivity index (χ2n) is 5.90. The fraction of sp³-hybridized carbons (Fsp3) is 0.222. The van der Waals surface area contributed by atoms with Crippen LogP contribution >= 0.6 is 0 Å². The van der Waals surface area contributed by atoms with E-state index >= 15 is 0 Å². The summed E-state index contributed by atoms with van der Waals surface area (Å²) in [6.45, 7) is 2.76. The van der Waals surface area contributed by atoms with E-state index < -0.39 is 5.97 Å². The van der Waals surface area contributed by atoms with Crippen molar-refractivity contribution in [1.29, 1.82) is 0 Å².